The zero-order chi connectivity index (χ0) is 28.5. The minimum atomic E-state index is -4.59. The summed E-state index contributed by atoms with van der Waals surface area (Å²) in [7, 11) is 0. The molecule has 0 bridgehead atoms. The standard InChI is InChI=1S/C31H33ClF3NO3/c1-18(31(33,34)35)28(23-12-9-19-7-5-6-8-21(19)15-23)29(38)36-26-16-22(13-14-25(26)32)24(20-10-11-20)17-27(37)39-30(2,3)4/h5-9,12-16,18,20,24,28H,10-11,17H2,1-4H3,(H,36,38). The van der Waals surface area contributed by atoms with Crippen molar-refractivity contribution in [2.75, 3.05) is 5.32 Å². The second kappa shape index (κ2) is 11.2. The first-order valence-corrected chi connectivity index (χ1v) is 13.5. The zero-order valence-corrected chi connectivity index (χ0v) is 23.2. The largest absolute Gasteiger partial charge is 0.460 e. The maximum Gasteiger partial charge on any atom is 0.392 e. The van der Waals surface area contributed by atoms with Gasteiger partial charge in [-0.15, -0.1) is 0 Å². The molecule has 0 saturated heterocycles. The molecular formula is C31H33ClF3NO3. The number of amides is 1. The van der Waals surface area contributed by atoms with Gasteiger partial charge in [0, 0.05) is 0 Å². The Kier molecular flexibility index (Phi) is 8.31. The zero-order valence-electron chi connectivity index (χ0n) is 22.4. The maximum atomic E-state index is 13.9. The first-order valence-electron chi connectivity index (χ1n) is 13.1. The fourth-order valence-corrected chi connectivity index (χ4v) is 5.12. The van der Waals surface area contributed by atoms with Crippen molar-refractivity contribution in [1.82, 2.24) is 0 Å². The van der Waals surface area contributed by atoms with Crippen molar-refractivity contribution >= 4 is 39.9 Å². The third-order valence-corrected chi connectivity index (χ3v) is 7.44. The highest BCUT2D eigenvalue weighted by Crippen LogP contribution is 2.46. The van der Waals surface area contributed by atoms with Crippen LogP contribution < -0.4 is 5.32 Å². The van der Waals surface area contributed by atoms with E-state index in [1.807, 2.05) is 12.1 Å². The molecule has 4 rings (SSSR count). The lowest BCUT2D eigenvalue weighted by Crippen LogP contribution is -2.34. The monoisotopic (exact) mass is 559 g/mol. The van der Waals surface area contributed by atoms with Crippen LogP contribution in [0.5, 0.6) is 0 Å². The lowest BCUT2D eigenvalue weighted by atomic mass is 9.84. The number of benzene rings is 3. The molecule has 0 aliphatic heterocycles. The van der Waals surface area contributed by atoms with Crippen molar-refractivity contribution in [3.8, 4) is 0 Å². The van der Waals surface area contributed by atoms with Gasteiger partial charge in [-0.05, 0) is 79.5 Å². The number of rotatable bonds is 8. The maximum absolute atomic E-state index is 13.9. The summed E-state index contributed by atoms with van der Waals surface area (Å²) >= 11 is 6.40. The van der Waals surface area contributed by atoms with E-state index in [1.54, 1.807) is 69.3 Å². The predicted octanol–water partition coefficient (Wildman–Crippen LogP) is 8.64. The highest BCUT2D eigenvalue weighted by molar-refractivity contribution is 6.33. The summed E-state index contributed by atoms with van der Waals surface area (Å²) in [5.41, 5.74) is 0.657. The number of alkyl halides is 3. The Morgan fingerprint density at radius 3 is 2.23 bits per heavy atom. The number of hydrogen-bond donors (Lipinski definition) is 1. The van der Waals surface area contributed by atoms with Crippen LogP contribution >= 0.6 is 11.6 Å². The van der Waals surface area contributed by atoms with Gasteiger partial charge in [0.15, 0.2) is 0 Å². The van der Waals surface area contributed by atoms with Gasteiger partial charge in [-0.2, -0.15) is 13.2 Å². The third kappa shape index (κ3) is 7.33. The van der Waals surface area contributed by atoms with E-state index in [1.165, 1.54) is 0 Å². The first-order chi connectivity index (χ1) is 18.2. The quantitative estimate of drug-likeness (QED) is 0.281. The molecule has 1 aliphatic rings. The first kappa shape index (κ1) is 28.9. The van der Waals surface area contributed by atoms with Gasteiger partial charge < -0.3 is 10.1 Å². The Labute approximate surface area is 231 Å². The number of ether oxygens (including phenoxy) is 1. The summed E-state index contributed by atoms with van der Waals surface area (Å²) in [5.74, 6) is -4.40. The van der Waals surface area contributed by atoms with Crippen molar-refractivity contribution in [1.29, 1.82) is 0 Å². The normalized spacial score (nSPS) is 16.4. The second-order valence-electron chi connectivity index (χ2n) is 11.4. The Balaban J connectivity index is 1.63. The lowest BCUT2D eigenvalue weighted by Gasteiger charge is -2.26. The predicted molar refractivity (Wildman–Crippen MR) is 148 cm³/mol. The summed E-state index contributed by atoms with van der Waals surface area (Å²) in [6, 6.07) is 17.3. The van der Waals surface area contributed by atoms with E-state index >= 15 is 0 Å². The number of carbonyl (C=O) groups is 2. The van der Waals surface area contributed by atoms with Gasteiger partial charge in [0.05, 0.1) is 29.0 Å². The number of halogens is 4. The molecule has 4 nitrogen and oxygen atoms in total. The van der Waals surface area contributed by atoms with Crippen LogP contribution in [-0.2, 0) is 14.3 Å². The number of nitrogens with one attached hydrogen (secondary N) is 1. The third-order valence-electron chi connectivity index (χ3n) is 7.11. The van der Waals surface area contributed by atoms with Crippen LogP contribution in [0.25, 0.3) is 10.8 Å². The van der Waals surface area contributed by atoms with Crippen molar-refractivity contribution in [3.05, 3.63) is 76.8 Å². The Bertz CT molecular complexity index is 1360. The van der Waals surface area contributed by atoms with Crippen molar-refractivity contribution in [2.24, 2.45) is 11.8 Å². The molecule has 3 atom stereocenters. The lowest BCUT2D eigenvalue weighted by molar-refractivity contribution is -0.178. The van der Waals surface area contributed by atoms with E-state index in [4.69, 9.17) is 16.3 Å². The van der Waals surface area contributed by atoms with Gasteiger partial charge in [-0.3, -0.25) is 9.59 Å². The highest BCUT2D eigenvalue weighted by Gasteiger charge is 2.45. The van der Waals surface area contributed by atoms with Gasteiger partial charge >= 0.3 is 12.1 Å². The van der Waals surface area contributed by atoms with Gasteiger partial charge in [0.25, 0.3) is 0 Å². The van der Waals surface area contributed by atoms with E-state index < -0.39 is 29.5 Å². The average Bonchev–Trinajstić information content (AvgIpc) is 3.68. The number of fused-ring (bicyclic) bond motifs is 1. The summed E-state index contributed by atoms with van der Waals surface area (Å²) in [5, 5.41) is 4.49. The van der Waals surface area contributed by atoms with E-state index in [2.05, 4.69) is 5.32 Å². The van der Waals surface area contributed by atoms with Gasteiger partial charge in [-0.25, -0.2) is 0 Å². The Morgan fingerprint density at radius 2 is 1.62 bits per heavy atom. The molecular weight excluding hydrogens is 527 g/mol. The van der Waals surface area contributed by atoms with E-state index in [0.29, 0.717) is 0 Å². The minimum absolute atomic E-state index is 0.141. The summed E-state index contributed by atoms with van der Waals surface area (Å²) in [4.78, 5) is 26.1. The molecule has 208 valence electrons. The average molecular weight is 560 g/mol. The smallest absolute Gasteiger partial charge is 0.392 e. The van der Waals surface area contributed by atoms with E-state index in [-0.39, 0.29) is 40.5 Å². The molecule has 1 amide bonds. The fraction of sp³-hybridized carbons (Fsp3) is 0.419. The molecule has 3 unspecified atom stereocenters. The van der Waals surface area contributed by atoms with Crippen LogP contribution in [-0.4, -0.2) is 23.7 Å². The van der Waals surface area contributed by atoms with Crippen LogP contribution in [0.2, 0.25) is 5.02 Å². The summed E-state index contributed by atoms with van der Waals surface area (Å²) in [6.07, 6.45) is -2.50. The SMILES string of the molecule is CC(C(C(=O)Nc1cc(C(CC(=O)OC(C)(C)C)C2CC2)ccc1Cl)c1ccc2ccccc2c1)C(F)(F)F. The molecule has 1 saturated carbocycles. The second-order valence-corrected chi connectivity index (χ2v) is 11.8. The number of anilines is 1. The molecule has 1 fully saturated rings. The molecule has 39 heavy (non-hydrogen) atoms. The van der Waals surface area contributed by atoms with Crippen molar-refractivity contribution in [3.63, 3.8) is 0 Å². The van der Waals surface area contributed by atoms with Crippen molar-refractivity contribution < 1.29 is 27.5 Å². The molecule has 0 heterocycles. The van der Waals surface area contributed by atoms with Crippen LogP contribution in [0.15, 0.2) is 60.7 Å². The minimum Gasteiger partial charge on any atom is -0.460 e. The molecule has 0 aromatic heterocycles. The molecule has 0 radical (unpaired) electrons. The van der Waals surface area contributed by atoms with Crippen LogP contribution in [0, 0.1) is 11.8 Å². The molecule has 1 N–H and O–H groups in total. The van der Waals surface area contributed by atoms with E-state index in [0.717, 1.165) is 36.1 Å². The van der Waals surface area contributed by atoms with Gasteiger partial charge in [0.1, 0.15) is 5.60 Å². The topological polar surface area (TPSA) is 55.4 Å². The van der Waals surface area contributed by atoms with Crippen LogP contribution in [0.4, 0.5) is 18.9 Å². The van der Waals surface area contributed by atoms with Gasteiger partial charge in [-0.1, -0.05) is 67.1 Å². The molecule has 8 heteroatoms. The number of esters is 1. The molecule has 0 spiro atoms. The van der Waals surface area contributed by atoms with Crippen LogP contribution in [0.1, 0.15) is 69.9 Å². The summed E-state index contributed by atoms with van der Waals surface area (Å²) < 4.78 is 47.3. The number of carbonyl (C=O) groups excluding carboxylic acids is 2. The highest BCUT2D eigenvalue weighted by atomic mass is 35.5. The summed E-state index contributed by atoms with van der Waals surface area (Å²) in [6.45, 7) is 6.43. The van der Waals surface area contributed by atoms with Crippen LogP contribution in [0.3, 0.4) is 0 Å². The molecule has 3 aromatic rings. The molecule has 1 aliphatic carbocycles. The number of hydrogen-bond acceptors (Lipinski definition) is 3. The van der Waals surface area contributed by atoms with E-state index in [9.17, 15) is 22.8 Å². The van der Waals surface area contributed by atoms with Gasteiger partial charge in [0.2, 0.25) is 5.91 Å². The Morgan fingerprint density at radius 1 is 0.974 bits per heavy atom. The van der Waals surface area contributed by atoms with Crippen molar-refractivity contribution in [2.45, 2.75) is 70.6 Å². The Hall–Kier alpha value is -3.06. The fourth-order valence-electron chi connectivity index (χ4n) is 4.96. The molecule has 3 aromatic carbocycles.